The first-order chi connectivity index (χ1) is 16.4. The minimum absolute atomic E-state index is 0.174. The molecule has 1 fully saturated rings. The van der Waals surface area contributed by atoms with Gasteiger partial charge in [-0.2, -0.15) is 4.31 Å². The van der Waals surface area contributed by atoms with Gasteiger partial charge in [-0.3, -0.25) is 9.78 Å². The lowest BCUT2D eigenvalue weighted by atomic mass is 10.2. The molecule has 0 bridgehead atoms. The third-order valence-electron chi connectivity index (χ3n) is 5.27. The highest BCUT2D eigenvalue weighted by atomic mass is 35.5. The molecule has 1 amide bonds. The summed E-state index contributed by atoms with van der Waals surface area (Å²) >= 11 is 6.01. The highest BCUT2D eigenvalue weighted by molar-refractivity contribution is 7.89. The first-order valence-electron chi connectivity index (χ1n) is 10.8. The molecule has 1 aliphatic rings. The molecule has 180 valence electrons. The largest absolute Gasteiger partial charge is 0.484 e. The van der Waals surface area contributed by atoms with Crippen molar-refractivity contribution in [3.8, 4) is 5.75 Å². The average molecular weight is 505 g/mol. The number of aromatic nitrogens is 1. The molecule has 9 nitrogen and oxygen atoms in total. The Hall–Kier alpha value is -2.92. The fourth-order valence-corrected chi connectivity index (χ4v) is 5.09. The molecular weight excluding hydrogens is 480 g/mol. The number of carbonyl (C=O) groups excluding carboxylic acids is 1. The fourth-order valence-electron chi connectivity index (χ4n) is 3.52. The van der Waals surface area contributed by atoms with Crippen LogP contribution in [0.3, 0.4) is 0 Å². The Morgan fingerprint density at radius 1 is 1.09 bits per heavy atom. The number of hydrogen-bond donors (Lipinski definition) is 2. The van der Waals surface area contributed by atoms with E-state index < -0.39 is 10.0 Å². The van der Waals surface area contributed by atoms with Crippen LogP contribution in [0.2, 0.25) is 5.02 Å². The van der Waals surface area contributed by atoms with E-state index in [1.54, 1.807) is 30.5 Å². The van der Waals surface area contributed by atoms with Crippen molar-refractivity contribution in [1.82, 2.24) is 14.6 Å². The van der Waals surface area contributed by atoms with E-state index in [-0.39, 0.29) is 17.4 Å². The number of nitrogens with zero attached hydrogens (tertiary/aromatic N) is 2. The maximum absolute atomic E-state index is 12.7. The maximum atomic E-state index is 12.7. The first-order valence-corrected chi connectivity index (χ1v) is 12.6. The lowest BCUT2D eigenvalue weighted by molar-refractivity contribution is -0.123. The molecule has 1 saturated heterocycles. The Balaban J connectivity index is 1.22. The summed E-state index contributed by atoms with van der Waals surface area (Å²) in [6, 6.07) is 13.4. The molecule has 34 heavy (non-hydrogen) atoms. The van der Waals surface area contributed by atoms with Crippen molar-refractivity contribution in [1.29, 1.82) is 0 Å². The quantitative estimate of drug-likeness (QED) is 0.431. The molecular formula is C23H25ClN4O5S. The summed E-state index contributed by atoms with van der Waals surface area (Å²) in [4.78, 5) is 16.6. The van der Waals surface area contributed by atoms with Crippen molar-refractivity contribution < 1.29 is 22.7 Å². The van der Waals surface area contributed by atoms with Crippen LogP contribution < -0.4 is 15.4 Å². The summed E-state index contributed by atoms with van der Waals surface area (Å²) < 4.78 is 37.4. The van der Waals surface area contributed by atoms with E-state index in [2.05, 4.69) is 15.6 Å². The van der Waals surface area contributed by atoms with E-state index in [1.807, 2.05) is 12.1 Å². The van der Waals surface area contributed by atoms with E-state index in [1.165, 1.54) is 16.4 Å². The number of benzene rings is 2. The van der Waals surface area contributed by atoms with Crippen LogP contribution in [0, 0.1) is 0 Å². The standard InChI is InChI=1S/C23H25ClN4O5S/c24-17-1-6-20-21(7-8-25-22(20)15-17)26-9-10-27-23(29)16-33-18-2-4-19(5-3-18)34(30,31)28-11-13-32-14-12-28/h1-8,15H,9-14,16H2,(H,25,26)(H,27,29). The van der Waals surface area contributed by atoms with Crippen LogP contribution in [0.15, 0.2) is 59.6 Å². The fraction of sp³-hybridized carbons (Fsp3) is 0.304. The Morgan fingerprint density at radius 3 is 2.62 bits per heavy atom. The first kappa shape index (κ1) is 24.2. The predicted octanol–water partition coefficient (Wildman–Crippen LogP) is 2.52. The van der Waals surface area contributed by atoms with Gasteiger partial charge in [0.05, 0.1) is 23.6 Å². The van der Waals surface area contributed by atoms with Gasteiger partial charge in [0.2, 0.25) is 10.0 Å². The van der Waals surface area contributed by atoms with E-state index >= 15 is 0 Å². The van der Waals surface area contributed by atoms with Crippen LogP contribution in [-0.4, -0.2) is 69.6 Å². The lowest BCUT2D eigenvalue weighted by Crippen LogP contribution is -2.40. The lowest BCUT2D eigenvalue weighted by Gasteiger charge is -2.26. The second kappa shape index (κ2) is 11.0. The summed E-state index contributed by atoms with van der Waals surface area (Å²) in [5.74, 6) is 0.134. The summed E-state index contributed by atoms with van der Waals surface area (Å²) in [5, 5.41) is 7.63. The van der Waals surface area contributed by atoms with Gasteiger partial charge >= 0.3 is 0 Å². The number of rotatable bonds is 9. The molecule has 0 aliphatic carbocycles. The molecule has 2 N–H and O–H groups in total. The second-order valence-corrected chi connectivity index (χ2v) is 9.95. The van der Waals surface area contributed by atoms with Crippen LogP contribution in [0.1, 0.15) is 0 Å². The van der Waals surface area contributed by atoms with Gasteiger partial charge in [0, 0.05) is 48.5 Å². The molecule has 2 heterocycles. The minimum atomic E-state index is -3.56. The van der Waals surface area contributed by atoms with Crippen molar-refractivity contribution in [2.45, 2.75) is 4.90 Å². The molecule has 1 aromatic heterocycles. The van der Waals surface area contributed by atoms with Gasteiger partial charge in [-0.1, -0.05) is 11.6 Å². The van der Waals surface area contributed by atoms with Gasteiger partial charge < -0.3 is 20.1 Å². The Morgan fingerprint density at radius 2 is 1.85 bits per heavy atom. The molecule has 4 rings (SSSR count). The SMILES string of the molecule is O=C(COc1ccc(S(=O)(=O)N2CCOCC2)cc1)NCCNc1ccnc2cc(Cl)ccc12. The Kier molecular flexibility index (Phi) is 7.84. The molecule has 3 aromatic rings. The maximum Gasteiger partial charge on any atom is 0.258 e. The number of pyridine rings is 1. The number of sulfonamides is 1. The normalized spacial score (nSPS) is 14.6. The van der Waals surface area contributed by atoms with Gasteiger partial charge in [0.1, 0.15) is 5.75 Å². The molecule has 0 unspecified atom stereocenters. The van der Waals surface area contributed by atoms with E-state index in [0.717, 1.165) is 16.6 Å². The molecule has 2 aromatic carbocycles. The number of hydrogen-bond acceptors (Lipinski definition) is 7. The minimum Gasteiger partial charge on any atom is -0.484 e. The summed E-state index contributed by atoms with van der Waals surface area (Å²) in [6.07, 6.45) is 1.70. The highest BCUT2D eigenvalue weighted by Crippen LogP contribution is 2.24. The van der Waals surface area contributed by atoms with Crippen molar-refractivity contribution in [3.05, 3.63) is 59.8 Å². The zero-order chi connectivity index (χ0) is 24.0. The molecule has 0 saturated carbocycles. The Bertz CT molecular complexity index is 1250. The van der Waals surface area contributed by atoms with Crippen LogP contribution in [0.25, 0.3) is 10.9 Å². The van der Waals surface area contributed by atoms with Gasteiger partial charge in [0.25, 0.3) is 5.91 Å². The van der Waals surface area contributed by atoms with E-state index in [4.69, 9.17) is 21.1 Å². The van der Waals surface area contributed by atoms with Crippen LogP contribution >= 0.6 is 11.6 Å². The molecule has 0 radical (unpaired) electrons. The predicted molar refractivity (Wildman–Crippen MR) is 130 cm³/mol. The number of halogens is 1. The van der Waals surface area contributed by atoms with Gasteiger partial charge in [-0.25, -0.2) is 8.42 Å². The number of anilines is 1. The summed E-state index contributed by atoms with van der Waals surface area (Å²) in [7, 11) is -3.56. The smallest absolute Gasteiger partial charge is 0.258 e. The van der Waals surface area contributed by atoms with Crippen LogP contribution in [0.4, 0.5) is 5.69 Å². The van der Waals surface area contributed by atoms with Crippen molar-refractivity contribution in [3.63, 3.8) is 0 Å². The molecule has 0 atom stereocenters. The van der Waals surface area contributed by atoms with Crippen LogP contribution in [0.5, 0.6) is 5.75 Å². The van der Waals surface area contributed by atoms with Crippen molar-refractivity contribution >= 4 is 44.1 Å². The highest BCUT2D eigenvalue weighted by Gasteiger charge is 2.26. The Labute approximate surface area is 203 Å². The summed E-state index contributed by atoms with van der Waals surface area (Å²) in [6.45, 7) is 2.19. The van der Waals surface area contributed by atoms with Crippen LogP contribution in [-0.2, 0) is 19.6 Å². The number of ether oxygens (including phenoxy) is 2. The third kappa shape index (κ3) is 5.95. The zero-order valence-corrected chi connectivity index (χ0v) is 19.9. The zero-order valence-electron chi connectivity index (χ0n) is 18.4. The number of carbonyl (C=O) groups is 1. The molecule has 11 heteroatoms. The molecule has 1 aliphatic heterocycles. The van der Waals surface area contributed by atoms with E-state index in [9.17, 15) is 13.2 Å². The van der Waals surface area contributed by atoms with Crippen molar-refractivity contribution in [2.24, 2.45) is 0 Å². The van der Waals surface area contributed by atoms with Crippen molar-refractivity contribution in [2.75, 3.05) is 51.3 Å². The third-order valence-corrected chi connectivity index (χ3v) is 7.42. The van der Waals surface area contributed by atoms with E-state index in [0.29, 0.717) is 50.2 Å². The monoisotopic (exact) mass is 504 g/mol. The van der Waals surface area contributed by atoms with Gasteiger partial charge in [-0.05, 0) is 48.5 Å². The molecule has 0 spiro atoms. The number of nitrogens with one attached hydrogen (secondary N) is 2. The summed E-state index contributed by atoms with van der Waals surface area (Å²) in [5.41, 5.74) is 1.69. The number of fused-ring (bicyclic) bond motifs is 1. The second-order valence-electron chi connectivity index (χ2n) is 7.57. The number of morpholine rings is 1. The number of amides is 1. The average Bonchev–Trinajstić information content (AvgIpc) is 2.86. The van der Waals surface area contributed by atoms with Gasteiger partial charge in [0.15, 0.2) is 6.61 Å². The van der Waals surface area contributed by atoms with Gasteiger partial charge in [-0.15, -0.1) is 0 Å². The topological polar surface area (TPSA) is 110 Å².